The van der Waals surface area contributed by atoms with Gasteiger partial charge in [-0.25, -0.2) is 0 Å². The van der Waals surface area contributed by atoms with Crippen LogP contribution in [0.25, 0.3) is 0 Å². The second-order valence-electron chi connectivity index (χ2n) is 10.2. The molecule has 1 heterocycles. The number of hydrogen-bond donors (Lipinski definition) is 1. The molecule has 3 heteroatoms. The normalized spacial score (nSPS) is 55.2. The van der Waals surface area contributed by atoms with Crippen molar-refractivity contribution in [1.29, 1.82) is 0 Å². The molecule has 0 aromatic rings. The van der Waals surface area contributed by atoms with Crippen LogP contribution in [0.4, 0.5) is 0 Å². The second-order valence-corrected chi connectivity index (χ2v) is 10.2. The van der Waals surface area contributed by atoms with Crippen LogP contribution in [-0.2, 0) is 9.53 Å². The number of aliphatic hydroxyl groups is 1. The lowest BCUT2D eigenvalue weighted by atomic mass is 9.47. The zero-order chi connectivity index (χ0) is 17.2. The predicted octanol–water partition coefficient (Wildman–Crippen LogP) is 4.32. The van der Waals surface area contributed by atoms with Crippen molar-refractivity contribution >= 4 is 5.97 Å². The van der Waals surface area contributed by atoms with E-state index in [0.29, 0.717) is 30.8 Å². The summed E-state index contributed by atoms with van der Waals surface area (Å²) < 4.78 is 5.29. The number of carbonyl (C=O) groups excluding carboxylic acids is 1. The summed E-state index contributed by atoms with van der Waals surface area (Å²) in [6.45, 7) is 2.95. The molecule has 1 N–H and O–H groups in total. The van der Waals surface area contributed by atoms with Crippen molar-refractivity contribution in [3.05, 3.63) is 0 Å². The Bertz CT molecular complexity index is 559. The van der Waals surface area contributed by atoms with E-state index in [-0.39, 0.29) is 11.4 Å². The number of cyclic esters (lactones) is 1. The van der Waals surface area contributed by atoms with Gasteiger partial charge in [0, 0.05) is 5.92 Å². The maximum Gasteiger partial charge on any atom is 0.306 e. The molecule has 1 unspecified atom stereocenters. The minimum Gasteiger partial charge on any atom is -0.465 e. The molecule has 1 aliphatic heterocycles. The molecule has 5 aliphatic rings. The van der Waals surface area contributed by atoms with E-state index in [1.54, 1.807) is 0 Å². The molecule has 25 heavy (non-hydrogen) atoms. The highest BCUT2D eigenvalue weighted by atomic mass is 16.5. The summed E-state index contributed by atoms with van der Waals surface area (Å²) in [6, 6.07) is 0. The summed E-state index contributed by atoms with van der Waals surface area (Å²) in [4.78, 5) is 11.7. The number of rotatable bonds is 1. The molecular formula is C22H34O3. The Kier molecular flexibility index (Phi) is 3.79. The fourth-order valence-corrected chi connectivity index (χ4v) is 8.40. The van der Waals surface area contributed by atoms with E-state index in [1.165, 1.54) is 44.9 Å². The first-order valence-electron chi connectivity index (χ1n) is 10.9. The van der Waals surface area contributed by atoms with Gasteiger partial charge < -0.3 is 9.84 Å². The third-order valence-electron chi connectivity index (χ3n) is 9.59. The highest BCUT2D eigenvalue weighted by Crippen LogP contribution is 2.67. The van der Waals surface area contributed by atoms with Crippen molar-refractivity contribution in [2.75, 3.05) is 6.61 Å². The Hall–Kier alpha value is -0.570. The van der Waals surface area contributed by atoms with E-state index in [0.717, 1.165) is 37.0 Å². The number of carbonyl (C=O) groups is 1. The van der Waals surface area contributed by atoms with Crippen LogP contribution >= 0.6 is 0 Å². The molecule has 0 bridgehead atoms. The van der Waals surface area contributed by atoms with Crippen LogP contribution in [0.2, 0.25) is 0 Å². The van der Waals surface area contributed by atoms with Gasteiger partial charge in [0.2, 0.25) is 0 Å². The molecule has 4 saturated carbocycles. The first-order chi connectivity index (χ1) is 12.0. The molecular weight excluding hydrogens is 312 g/mol. The lowest BCUT2D eigenvalue weighted by Gasteiger charge is -2.60. The van der Waals surface area contributed by atoms with Crippen LogP contribution in [0, 0.1) is 40.9 Å². The summed E-state index contributed by atoms with van der Waals surface area (Å²) in [7, 11) is 0. The zero-order valence-corrected chi connectivity index (χ0v) is 15.7. The van der Waals surface area contributed by atoms with Crippen LogP contribution in [0.3, 0.4) is 0 Å². The summed E-state index contributed by atoms with van der Waals surface area (Å²) in [6.07, 6.45) is 13.4. The van der Waals surface area contributed by atoms with Crippen molar-refractivity contribution in [2.24, 2.45) is 40.9 Å². The highest BCUT2D eigenvalue weighted by Gasteiger charge is 2.66. The Morgan fingerprint density at radius 3 is 2.56 bits per heavy atom. The lowest BCUT2D eigenvalue weighted by molar-refractivity contribution is -0.190. The molecule has 0 aromatic heterocycles. The second kappa shape index (κ2) is 5.71. The van der Waals surface area contributed by atoms with E-state index < -0.39 is 5.60 Å². The van der Waals surface area contributed by atoms with Gasteiger partial charge in [0.15, 0.2) is 0 Å². The fraction of sp³-hybridized carbons (Fsp3) is 0.955. The van der Waals surface area contributed by atoms with Crippen LogP contribution in [0.15, 0.2) is 0 Å². The van der Waals surface area contributed by atoms with Gasteiger partial charge in [-0.15, -0.1) is 0 Å². The standard InChI is InChI=1S/C22H34O3/c1-21-10-8-17-16-5-3-2-4-14(16)6-7-19(17)22(21,24)11-9-18(21)15-12-20(23)25-13-15/h14-19,24H,2-13H2,1H3/t14-,15?,16-,17+,18+,19+,21+,22-/m0/s1. The summed E-state index contributed by atoms with van der Waals surface area (Å²) in [5.74, 6) is 3.88. The van der Waals surface area contributed by atoms with E-state index in [4.69, 9.17) is 4.74 Å². The molecule has 1 saturated heterocycles. The largest absolute Gasteiger partial charge is 0.465 e. The van der Waals surface area contributed by atoms with E-state index >= 15 is 0 Å². The van der Waals surface area contributed by atoms with Crippen LogP contribution in [0.1, 0.15) is 77.6 Å². The Balaban J connectivity index is 1.43. The highest BCUT2D eigenvalue weighted by molar-refractivity contribution is 5.71. The van der Waals surface area contributed by atoms with Gasteiger partial charge in [-0.1, -0.05) is 26.2 Å². The molecule has 140 valence electrons. The summed E-state index contributed by atoms with van der Waals surface area (Å²) >= 11 is 0. The van der Waals surface area contributed by atoms with Gasteiger partial charge >= 0.3 is 5.97 Å². The molecule has 4 aliphatic carbocycles. The van der Waals surface area contributed by atoms with Gasteiger partial charge in [-0.2, -0.15) is 0 Å². The fourth-order valence-electron chi connectivity index (χ4n) is 8.40. The third-order valence-corrected chi connectivity index (χ3v) is 9.59. The van der Waals surface area contributed by atoms with Gasteiger partial charge in [0.05, 0.1) is 18.6 Å². The Morgan fingerprint density at radius 1 is 0.920 bits per heavy atom. The van der Waals surface area contributed by atoms with E-state index in [9.17, 15) is 9.90 Å². The van der Waals surface area contributed by atoms with Gasteiger partial charge in [0.1, 0.15) is 0 Å². The Labute approximate surface area is 151 Å². The number of fused-ring (bicyclic) bond motifs is 5. The maximum absolute atomic E-state index is 12.0. The van der Waals surface area contributed by atoms with Crippen molar-refractivity contribution in [2.45, 2.75) is 83.2 Å². The zero-order valence-electron chi connectivity index (χ0n) is 15.7. The Morgan fingerprint density at radius 2 is 1.76 bits per heavy atom. The van der Waals surface area contributed by atoms with Crippen molar-refractivity contribution in [3.63, 3.8) is 0 Å². The quantitative estimate of drug-likeness (QED) is 0.719. The minimum atomic E-state index is -0.491. The number of esters is 1. The van der Waals surface area contributed by atoms with Crippen LogP contribution in [-0.4, -0.2) is 23.3 Å². The average Bonchev–Trinajstić information content (AvgIpc) is 3.15. The van der Waals surface area contributed by atoms with Crippen molar-refractivity contribution < 1.29 is 14.6 Å². The smallest absolute Gasteiger partial charge is 0.306 e. The van der Waals surface area contributed by atoms with Crippen LogP contribution in [0.5, 0.6) is 0 Å². The van der Waals surface area contributed by atoms with Gasteiger partial charge in [-0.05, 0) is 80.0 Å². The number of hydrogen-bond acceptors (Lipinski definition) is 3. The molecule has 0 spiro atoms. The van der Waals surface area contributed by atoms with Crippen molar-refractivity contribution in [1.82, 2.24) is 0 Å². The van der Waals surface area contributed by atoms with E-state index in [1.807, 2.05) is 0 Å². The molecule has 5 fully saturated rings. The third kappa shape index (κ3) is 2.23. The first-order valence-corrected chi connectivity index (χ1v) is 10.9. The molecule has 5 rings (SSSR count). The monoisotopic (exact) mass is 346 g/mol. The predicted molar refractivity (Wildman–Crippen MR) is 95.7 cm³/mol. The van der Waals surface area contributed by atoms with E-state index in [2.05, 4.69) is 6.92 Å². The average molecular weight is 347 g/mol. The SMILES string of the molecule is C[C@]12CC[C@@H]3[C@H]4CCCC[C@H]4CC[C@H]3[C@@]1(O)CC[C@@H]2C1COC(=O)C1. The summed E-state index contributed by atoms with van der Waals surface area (Å²) in [5.41, 5.74) is -0.497. The molecule has 0 amide bonds. The number of ether oxygens (including phenoxy) is 1. The molecule has 8 atom stereocenters. The maximum atomic E-state index is 12.0. The lowest BCUT2D eigenvalue weighted by Crippen LogP contribution is -2.60. The van der Waals surface area contributed by atoms with Crippen LogP contribution < -0.4 is 0 Å². The molecule has 0 radical (unpaired) electrons. The molecule has 0 aromatic carbocycles. The van der Waals surface area contributed by atoms with Gasteiger partial charge in [0.25, 0.3) is 0 Å². The summed E-state index contributed by atoms with van der Waals surface area (Å²) in [5, 5.41) is 12.0. The van der Waals surface area contributed by atoms with Gasteiger partial charge in [-0.3, -0.25) is 4.79 Å². The molecule has 3 nitrogen and oxygen atoms in total. The van der Waals surface area contributed by atoms with Crippen molar-refractivity contribution in [3.8, 4) is 0 Å². The first kappa shape index (κ1) is 16.6. The minimum absolute atomic E-state index is 0.00564. The topological polar surface area (TPSA) is 46.5 Å².